The standard InChI is InChI=1S/C21H24ClN5O/c1-14(28)25-17-6-3-7-18-19(17)26-20(21(27-18)8-10-23-11-9-21)24-13-15-4-2-5-16(22)12-15/h2-7,12,23,27H,8-11,13H2,1H3,(H,24,26)(H,25,28). The molecule has 2 heterocycles. The molecule has 0 bridgehead atoms. The molecular formula is C21H24ClN5O. The third-order valence-electron chi connectivity index (χ3n) is 5.21. The molecule has 1 spiro atoms. The monoisotopic (exact) mass is 397 g/mol. The number of anilines is 3. The molecule has 2 aromatic carbocycles. The topological polar surface area (TPSA) is 77.5 Å². The Hall–Kier alpha value is -2.57. The van der Waals surface area contributed by atoms with Crippen LogP contribution in [0.1, 0.15) is 25.3 Å². The number of nitrogens with one attached hydrogen (secondary N) is 4. The molecule has 0 aliphatic carbocycles. The lowest BCUT2D eigenvalue weighted by molar-refractivity contribution is -0.114. The number of amides is 1. The maximum absolute atomic E-state index is 11.6. The largest absolute Gasteiger partial charge is 0.371 e. The lowest BCUT2D eigenvalue weighted by Crippen LogP contribution is -2.58. The van der Waals surface area contributed by atoms with Gasteiger partial charge in [-0.1, -0.05) is 29.8 Å². The number of amidine groups is 1. The summed E-state index contributed by atoms with van der Waals surface area (Å²) in [5, 5.41) is 14.3. The molecule has 0 atom stereocenters. The highest BCUT2D eigenvalue weighted by molar-refractivity contribution is 6.30. The first kappa shape index (κ1) is 18.8. The predicted octanol–water partition coefficient (Wildman–Crippen LogP) is 3.86. The van der Waals surface area contributed by atoms with E-state index in [1.54, 1.807) is 0 Å². The number of fused-ring (bicyclic) bond motifs is 1. The fourth-order valence-electron chi connectivity index (χ4n) is 3.85. The second kappa shape index (κ2) is 7.81. The SMILES string of the molecule is CC(=O)Nc1cccc2c1NC(=NCc1cccc(Cl)c1)C1(CCNCC1)N2. The third-order valence-corrected chi connectivity index (χ3v) is 5.45. The number of carbonyl (C=O) groups is 1. The second-order valence-electron chi connectivity index (χ2n) is 7.29. The minimum absolute atomic E-state index is 0.102. The van der Waals surface area contributed by atoms with Crippen molar-refractivity contribution in [3.05, 3.63) is 53.1 Å². The zero-order chi connectivity index (χ0) is 19.6. The number of rotatable bonds is 3. The van der Waals surface area contributed by atoms with E-state index in [1.165, 1.54) is 6.92 Å². The van der Waals surface area contributed by atoms with Gasteiger partial charge in [0.15, 0.2) is 0 Å². The number of nitrogens with zero attached hydrogens (tertiary/aromatic N) is 1. The van der Waals surface area contributed by atoms with Crippen LogP contribution in [-0.2, 0) is 11.3 Å². The molecule has 2 aromatic rings. The molecule has 1 fully saturated rings. The summed E-state index contributed by atoms with van der Waals surface area (Å²) in [7, 11) is 0. The average Bonchev–Trinajstić information content (AvgIpc) is 2.67. The maximum Gasteiger partial charge on any atom is 0.221 e. The van der Waals surface area contributed by atoms with Crippen molar-refractivity contribution in [2.24, 2.45) is 4.99 Å². The van der Waals surface area contributed by atoms with E-state index in [-0.39, 0.29) is 11.4 Å². The van der Waals surface area contributed by atoms with Gasteiger partial charge in [-0.15, -0.1) is 0 Å². The Bertz CT molecular complexity index is 921. The van der Waals surface area contributed by atoms with Crippen LogP contribution in [0.5, 0.6) is 0 Å². The van der Waals surface area contributed by atoms with Crippen molar-refractivity contribution in [1.82, 2.24) is 5.32 Å². The first-order chi connectivity index (χ1) is 13.6. The summed E-state index contributed by atoms with van der Waals surface area (Å²) in [6.07, 6.45) is 1.86. The van der Waals surface area contributed by atoms with Gasteiger partial charge in [0, 0.05) is 11.9 Å². The summed E-state index contributed by atoms with van der Waals surface area (Å²) in [4.78, 5) is 16.5. The Labute approximate surface area is 169 Å². The zero-order valence-corrected chi connectivity index (χ0v) is 16.6. The van der Waals surface area contributed by atoms with Crippen molar-refractivity contribution in [2.45, 2.75) is 31.8 Å². The van der Waals surface area contributed by atoms with E-state index >= 15 is 0 Å². The van der Waals surface area contributed by atoms with E-state index in [1.807, 2.05) is 42.5 Å². The van der Waals surface area contributed by atoms with Crippen molar-refractivity contribution in [2.75, 3.05) is 29.0 Å². The van der Waals surface area contributed by atoms with Gasteiger partial charge in [-0.3, -0.25) is 9.79 Å². The van der Waals surface area contributed by atoms with Crippen molar-refractivity contribution in [1.29, 1.82) is 0 Å². The molecule has 7 heteroatoms. The van der Waals surface area contributed by atoms with E-state index in [9.17, 15) is 4.79 Å². The lowest BCUT2D eigenvalue weighted by Gasteiger charge is -2.44. The molecule has 4 N–H and O–H groups in total. The Morgan fingerprint density at radius 1 is 1.21 bits per heavy atom. The fraction of sp³-hybridized carbons (Fsp3) is 0.333. The maximum atomic E-state index is 11.6. The number of piperidine rings is 1. The Morgan fingerprint density at radius 3 is 2.75 bits per heavy atom. The van der Waals surface area contributed by atoms with E-state index in [4.69, 9.17) is 16.6 Å². The van der Waals surface area contributed by atoms with Crippen molar-refractivity contribution in [3.63, 3.8) is 0 Å². The molecule has 1 amide bonds. The van der Waals surface area contributed by atoms with Gasteiger partial charge in [-0.05, 0) is 55.8 Å². The van der Waals surface area contributed by atoms with Gasteiger partial charge in [-0.25, -0.2) is 0 Å². The van der Waals surface area contributed by atoms with E-state index < -0.39 is 0 Å². The first-order valence-electron chi connectivity index (χ1n) is 9.52. The molecule has 0 aromatic heterocycles. The highest BCUT2D eigenvalue weighted by atomic mass is 35.5. The van der Waals surface area contributed by atoms with Crippen LogP contribution >= 0.6 is 11.6 Å². The minimum Gasteiger partial charge on any atom is -0.371 e. The molecule has 146 valence electrons. The smallest absolute Gasteiger partial charge is 0.221 e. The number of carbonyl (C=O) groups excluding carboxylic acids is 1. The Kier molecular flexibility index (Phi) is 5.24. The molecule has 1 saturated heterocycles. The second-order valence-corrected chi connectivity index (χ2v) is 7.72. The predicted molar refractivity (Wildman–Crippen MR) is 115 cm³/mol. The lowest BCUT2D eigenvalue weighted by atomic mass is 9.84. The summed E-state index contributed by atoms with van der Waals surface area (Å²) < 4.78 is 0. The number of para-hydroxylation sites is 1. The molecular weight excluding hydrogens is 374 g/mol. The molecule has 0 unspecified atom stereocenters. The van der Waals surface area contributed by atoms with E-state index in [0.717, 1.165) is 54.4 Å². The van der Waals surface area contributed by atoms with Gasteiger partial charge in [0.1, 0.15) is 5.84 Å². The molecule has 0 radical (unpaired) electrons. The van der Waals surface area contributed by atoms with Crippen molar-refractivity contribution < 1.29 is 4.79 Å². The van der Waals surface area contributed by atoms with Gasteiger partial charge in [-0.2, -0.15) is 0 Å². The zero-order valence-electron chi connectivity index (χ0n) is 15.8. The van der Waals surface area contributed by atoms with Crippen molar-refractivity contribution in [3.8, 4) is 0 Å². The summed E-state index contributed by atoms with van der Waals surface area (Å²) in [6, 6.07) is 13.6. The number of hydrogen-bond donors (Lipinski definition) is 4. The van der Waals surface area contributed by atoms with Crippen LogP contribution in [-0.4, -0.2) is 30.4 Å². The quantitative estimate of drug-likeness (QED) is 0.634. The summed E-state index contributed by atoms with van der Waals surface area (Å²) in [5.41, 5.74) is 3.40. The third kappa shape index (κ3) is 3.84. The molecule has 28 heavy (non-hydrogen) atoms. The Balaban J connectivity index is 1.70. The molecule has 4 rings (SSSR count). The molecule has 0 saturated carbocycles. The minimum atomic E-state index is -0.244. The molecule has 6 nitrogen and oxygen atoms in total. The van der Waals surface area contributed by atoms with Crippen LogP contribution in [0.25, 0.3) is 0 Å². The van der Waals surface area contributed by atoms with Gasteiger partial charge >= 0.3 is 0 Å². The number of halogens is 1. The van der Waals surface area contributed by atoms with Crippen LogP contribution < -0.4 is 21.3 Å². The fourth-order valence-corrected chi connectivity index (χ4v) is 4.06. The van der Waals surface area contributed by atoms with Crippen LogP contribution in [0.15, 0.2) is 47.5 Å². The van der Waals surface area contributed by atoms with Gasteiger partial charge in [0.2, 0.25) is 5.91 Å². The van der Waals surface area contributed by atoms with E-state index in [0.29, 0.717) is 11.6 Å². The van der Waals surface area contributed by atoms with Gasteiger partial charge < -0.3 is 21.3 Å². The number of hydrogen-bond acceptors (Lipinski definition) is 4. The number of benzene rings is 2. The normalized spacial score (nSPS) is 18.9. The summed E-state index contributed by atoms with van der Waals surface area (Å²) >= 11 is 6.12. The summed E-state index contributed by atoms with van der Waals surface area (Å²) in [5.74, 6) is 0.800. The van der Waals surface area contributed by atoms with Crippen LogP contribution in [0.4, 0.5) is 17.1 Å². The van der Waals surface area contributed by atoms with Gasteiger partial charge in [0.25, 0.3) is 0 Å². The van der Waals surface area contributed by atoms with Crippen molar-refractivity contribution >= 4 is 40.4 Å². The van der Waals surface area contributed by atoms with Gasteiger partial charge in [0.05, 0.1) is 29.1 Å². The number of aliphatic imine (C=N–C) groups is 1. The van der Waals surface area contributed by atoms with Crippen LogP contribution in [0.2, 0.25) is 5.02 Å². The first-order valence-corrected chi connectivity index (χ1v) is 9.89. The van der Waals surface area contributed by atoms with Crippen LogP contribution in [0, 0.1) is 0 Å². The van der Waals surface area contributed by atoms with Crippen LogP contribution in [0.3, 0.4) is 0 Å². The highest BCUT2D eigenvalue weighted by Gasteiger charge is 2.41. The Morgan fingerprint density at radius 2 is 2.00 bits per heavy atom. The molecule has 2 aliphatic rings. The highest BCUT2D eigenvalue weighted by Crippen LogP contribution is 2.40. The van der Waals surface area contributed by atoms with E-state index in [2.05, 4.69) is 21.3 Å². The summed E-state index contributed by atoms with van der Waals surface area (Å²) in [6.45, 7) is 3.90. The molecule has 2 aliphatic heterocycles. The average molecular weight is 398 g/mol.